The summed E-state index contributed by atoms with van der Waals surface area (Å²) in [4.78, 5) is 16.3. The largest absolute Gasteiger partial charge is 0.392 e. The van der Waals surface area contributed by atoms with Crippen LogP contribution in [-0.2, 0) is 13.0 Å². The lowest BCUT2D eigenvalue weighted by Gasteiger charge is -2.34. The minimum absolute atomic E-state index is 0.0349. The Labute approximate surface area is 209 Å². The average molecular weight is 472 g/mol. The molecule has 2 N–H and O–H groups in total. The van der Waals surface area contributed by atoms with E-state index in [0.29, 0.717) is 11.6 Å². The van der Waals surface area contributed by atoms with Crippen LogP contribution in [0.1, 0.15) is 34.3 Å². The lowest BCUT2D eigenvalue weighted by molar-refractivity contribution is 0.112. The summed E-state index contributed by atoms with van der Waals surface area (Å²) in [6.07, 6.45) is 4.02. The maximum absolute atomic E-state index is 11.4. The van der Waals surface area contributed by atoms with Crippen molar-refractivity contribution < 1.29 is 9.90 Å². The predicted octanol–water partition coefficient (Wildman–Crippen LogP) is 4.71. The first kappa shape index (κ1) is 25.1. The van der Waals surface area contributed by atoms with E-state index in [9.17, 15) is 9.90 Å². The summed E-state index contributed by atoms with van der Waals surface area (Å²) < 4.78 is 0. The SMILES string of the molecule is CN(CCc1ccc(CO)cc1C=O)CCN1CCC(Nc2ccccc2-c2ccccc2)CC1. The quantitative estimate of drug-likeness (QED) is 0.397. The smallest absolute Gasteiger partial charge is 0.150 e. The van der Waals surface area contributed by atoms with Crippen LogP contribution in [-0.4, -0.2) is 67.0 Å². The second-order valence-corrected chi connectivity index (χ2v) is 9.53. The Kier molecular flexibility index (Phi) is 9.07. The molecular formula is C30H37N3O2. The van der Waals surface area contributed by atoms with Crippen molar-refractivity contribution in [2.75, 3.05) is 45.1 Å². The Morgan fingerprint density at radius 3 is 2.49 bits per heavy atom. The summed E-state index contributed by atoms with van der Waals surface area (Å²) >= 11 is 0. The summed E-state index contributed by atoms with van der Waals surface area (Å²) in [5.74, 6) is 0. The van der Waals surface area contributed by atoms with Gasteiger partial charge < -0.3 is 20.2 Å². The van der Waals surface area contributed by atoms with Gasteiger partial charge in [0.1, 0.15) is 6.29 Å². The van der Waals surface area contributed by atoms with Crippen molar-refractivity contribution in [1.29, 1.82) is 0 Å². The van der Waals surface area contributed by atoms with Crippen LogP contribution in [0.5, 0.6) is 0 Å². The van der Waals surface area contributed by atoms with Crippen LogP contribution in [0.2, 0.25) is 0 Å². The van der Waals surface area contributed by atoms with E-state index in [1.807, 2.05) is 12.1 Å². The van der Waals surface area contributed by atoms with Gasteiger partial charge in [-0.2, -0.15) is 0 Å². The maximum Gasteiger partial charge on any atom is 0.150 e. The highest BCUT2D eigenvalue weighted by atomic mass is 16.3. The van der Waals surface area contributed by atoms with Gasteiger partial charge in [0, 0.05) is 55.6 Å². The first-order chi connectivity index (χ1) is 17.2. The number of aliphatic hydroxyl groups excluding tert-OH is 1. The number of piperidine rings is 1. The van der Waals surface area contributed by atoms with Gasteiger partial charge in [-0.15, -0.1) is 0 Å². The number of hydrogen-bond acceptors (Lipinski definition) is 5. The van der Waals surface area contributed by atoms with Crippen LogP contribution in [0.25, 0.3) is 11.1 Å². The molecule has 1 heterocycles. The minimum atomic E-state index is -0.0349. The number of carbonyl (C=O) groups is 1. The molecule has 0 aromatic heterocycles. The van der Waals surface area contributed by atoms with E-state index in [4.69, 9.17) is 0 Å². The average Bonchev–Trinajstić information content (AvgIpc) is 2.92. The van der Waals surface area contributed by atoms with E-state index in [-0.39, 0.29) is 6.61 Å². The fourth-order valence-electron chi connectivity index (χ4n) is 4.81. The minimum Gasteiger partial charge on any atom is -0.392 e. The number of likely N-dealkylation sites (N-methyl/N-ethyl adjacent to an activating group) is 1. The molecule has 1 aliphatic rings. The van der Waals surface area contributed by atoms with Crippen molar-refractivity contribution in [2.45, 2.75) is 31.9 Å². The lowest BCUT2D eigenvalue weighted by Crippen LogP contribution is -2.42. The highest BCUT2D eigenvalue weighted by Gasteiger charge is 2.20. The van der Waals surface area contributed by atoms with Crippen molar-refractivity contribution in [1.82, 2.24) is 9.80 Å². The van der Waals surface area contributed by atoms with Gasteiger partial charge in [0.25, 0.3) is 0 Å². The standard InChI is InChI=1S/C30H37N3O2/c1-32(16-13-25-12-11-24(22-34)21-27(25)23-35)19-20-33-17-14-28(15-18-33)31-30-10-6-5-9-29(30)26-7-3-2-4-8-26/h2-12,21,23,28,31,34H,13-20,22H2,1H3. The van der Waals surface area contributed by atoms with Gasteiger partial charge in [-0.3, -0.25) is 4.79 Å². The first-order valence-electron chi connectivity index (χ1n) is 12.7. The third-order valence-electron chi connectivity index (χ3n) is 7.04. The fourth-order valence-corrected chi connectivity index (χ4v) is 4.81. The van der Waals surface area contributed by atoms with Crippen molar-refractivity contribution in [3.8, 4) is 11.1 Å². The molecule has 4 rings (SSSR count). The molecule has 0 bridgehead atoms. The third kappa shape index (κ3) is 7.01. The fraction of sp³-hybridized carbons (Fsp3) is 0.367. The highest BCUT2D eigenvalue weighted by Crippen LogP contribution is 2.29. The molecule has 5 nitrogen and oxygen atoms in total. The predicted molar refractivity (Wildman–Crippen MR) is 144 cm³/mol. The first-order valence-corrected chi connectivity index (χ1v) is 12.7. The molecule has 0 radical (unpaired) electrons. The number of likely N-dealkylation sites (tertiary alicyclic amines) is 1. The van der Waals surface area contributed by atoms with Crippen LogP contribution in [0.3, 0.4) is 0 Å². The Morgan fingerprint density at radius 2 is 1.74 bits per heavy atom. The normalized spacial score (nSPS) is 14.8. The van der Waals surface area contributed by atoms with Crippen LogP contribution >= 0.6 is 0 Å². The van der Waals surface area contributed by atoms with Crippen molar-refractivity contribution in [2.24, 2.45) is 0 Å². The zero-order valence-corrected chi connectivity index (χ0v) is 20.7. The molecule has 0 spiro atoms. The molecule has 1 fully saturated rings. The van der Waals surface area contributed by atoms with Gasteiger partial charge in [-0.05, 0) is 55.1 Å². The number of para-hydroxylation sites is 1. The van der Waals surface area contributed by atoms with Gasteiger partial charge in [0.15, 0.2) is 0 Å². The highest BCUT2D eigenvalue weighted by molar-refractivity contribution is 5.78. The number of aldehydes is 1. The molecule has 5 heteroatoms. The van der Waals surface area contributed by atoms with E-state index >= 15 is 0 Å². The van der Waals surface area contributed by atoms with E-state index in [1.165, 1.54) is 16.8 Å². The van der Waals surface area contributed by atoms with Crippen LogP contribution in [0.4, 0.5) is 5.69 Å². The number of nitrogens with zero attached hydrogens (tertiary/aromatic N) is 2. The number of aliphatic hydroxyl groups is 1. The van der Waals surface area contributed by atoms with Crippen LogP contribution < -0.4 is 5.32 Å². The van der Waals surface area contributed by atoms with Gasteiger partial charge in [0.05, 0.1) is 6.61 Å². The molecule has 184 valence electrons. The topological polar surface area (TPSA) is 55.8 Å². The molecule has 1 aliphatic heterocycles. The molecule has 35 heavy (non-hydrogen) atoms. The van der Waals surface area contributed by atoms with Gasteiger partial charge in [-0.1, -0.05) is 60.7 Å². The zero-order chi connectivity index (χ0) is 24.5. The third-order valence-corrected chi connectivity index (χ3v) is 7.04. The number of anilines is 1. The Hall–Kier alpha value is -2.99. The molecule has 0 aliphatic carbocycles. The van der Waals surface area contributed by atoms with Crippen LogP contribution in [0, 0.1) is 0 Å². The monoisotopic (exact) mass is 471 g/mol. The van der Waals surface area contributed by atoms with Crippen molar-refractivity contribution in [3.63, 3.8) is 0 Å². The zero-order valence-electron chi connectivity index (χ0n) is 20.7. The maximum atomic E-state index is 11.4. The number of rotatable bonds is 11. The molecule has 3 aromatic carbocycles. The Bertz CT molecular complexity index is 1080. The van der Waals surface area contributed by atoms with Crippen molar-refractivity contribution >= 4 is 12.0 Å². The number of carbonyl (C=O) groups excluding carboxylic acids is 1. The van der Waals surface area contributed by atoms with Gasteiger partial charge >= 0.3 is 0 Å². The second-order valence-electron chi connectivity index (χ2n) is 9.53. The van der Waals surface area contributed by atoms with E-state index < -0.39 is 0 Å². The van der Waals surface area contributed by atoms with E-state index in [2.05, 4.69) is 76.8 Å². The molecule has 1 saturated heterocycles. The Morgan fingerprint density at radius 1 is 1.00 bits per heavy atom. The van der Waals surface area contributed by atoms with Crippen LogP contribution in [0.15, 0.2) is 72.8 Å². The van der Waals surface area contributed by atoms with E-state index in [0.717, 1.165) is 69.4 Å². The number of hydrogen-bond donors (Lipinski definition) is 2. The number of nitrogens with one attached hydrogen (secondary N) is 1. The summed E-state index contributed by atoms with van der Waals surface area (Å²) in [6.45, 7) is 5.17. The molecule has 0 unspecified atom stereocenters. The lowest BCUT2D eigenvalue weighted by atomic mass is 10.0. The van der Waals surface area contributed by atoms with Gasteiger partial charge in [0.2, 0.25) is 0 Å². The summed E-state index contributed by atoms with van der Waals surface area (Å²) in [6, 6.07) is 25.4. The summed E-state index contributed by atoms with van der Waals surface area (Å²) in [7, 11) is 2.15. The van der Waals surface area contributed by atoms with Crippen molar-refractivity contribution in [3.05, 3.63) is 89.5 Å². The van der Waals surface area contributed by atoms with E-state index in [1.54, 1.807) is 6.07 Å². The molecule has 0 amide bonds. The molecule has 0 saturated carbocycles. The summed E-state index contributed by atoms with van der Waals surface area (Å²) in [5, 5.41) is 13.1. The second kappa shape index (κ2) is 12.6. The van der Waals surface area contributed by atoms with Gasteiger partial charge in [-0.25, -0.2) is 0 Å². The summed E-state index contributed by atoms with van der Waals surface area (Å²) in [5.41, 5.74) is 6.26. The Balaban J connectivity index is 1.21. The molecular weight excluding hydrogens is 434 g/mol. The molecule has 0 atom stereocenters. The number of benzene rings is 3. The molecule has 3 aromatic rings.